The number of hydrogen-bond donors (Lipinski definition) is 3. The molecular weight excluding hydrogens is 494 g/mol. The van der Waals surface area contributed by atoms with E-state index in [1.54, 1.807) is 18.2 Å². The first kappa shape index (κ1) is 24.7. The van der Waals surface area contributed by atoms with Gasteiger partial charge >= 0.3 is 5.69 Å². The minimum absolute atomic E-state index is 0.0356. The molecule has 5 aromatic rings. The number of halogens is 2. The van der Waals surface area contributed by atoms with Crippen molar-refractivity contribution in [1.29, 1.82) is 0 Å². The molecule has 10 heteroatoms. The summed E-state index contributed by atoms with van der Waals surface area (Å²) in [6.45, 7) is 0.0118. The summed E-state index contributed by atoms with van der Waals surface area (Å²) in [7, 11) is 0. The number of benzene rings is 3. The fourth-order valence-electron chi connectivity index (χ4n) is 4.09. The lowest BCUT2D eigenvalue weighted by molar-refractivity contribution is 0.0919. The minimum atomic E-state index is -1.02. The molecule has 3 aromatic carbocycles. The SMILES string of the molecule is O=C(N[C@H](COc1ccc2[nH]c(=O)[nH]c2c1)c1ccccc1)c1cccn(Cc2ccc(F)c(F)c2)c1=O. The molecule has 0 saturated carbocycles. The molecule has 3 N–H and O–H groups in total. The Hall–Kier alpha value is -4.99. The van der Waals surface area contributed by atoms with E-state index in [2.05, 4.69) is 15.3 Å². The zero-order valence-electron chi connectivity index (χ0n) is 19.9. The molecule has 0 aliphatic carbocycles. The van der Waals surface area contributed by atoms with Crippen molar-refractivity contribution in [1.82, 2.24) is 19.9 Å². The van der Waals surface area contributed by atoms with Crippen LogP contribution in [0.2, 0.25) is 0 Å². The summed E-state index contributed by atoms with van der Waals surface area (Å²) in [4.78, 5) is 43.1. The molecule has 5 rings (SSSR count). The number of hydrogen-bond acceptors (Lipinski definition) is 4. The van der Waals surface area contributed by atoms with Gasteiger partial charge in [0.05, 0.1) is 23.6 Å². The van der Waals surface area contributed by atoms with Gasteiger partial charge in [-0.05, 0) is 47.5 Å². The third-order valence-corrected chi connectivity index (χ3v) is 6.01. The van der Waals surface area contributed by atoms with Crippen molar-refractivity contribution in [2.75, 3.05) is 6.61 Å². The topological polar surface area (TPSA) is 109 Å². The molecule has 2 heterocycles. The summed E-state index contributed by atoms with van der Waals surface area (Å²) >= 11 is 0. The number of rotatable bonds is 8. The third-order valence-electron chi connectivity index (χ3n) is 6.01. The molecule has 0 aliphatic rings. The van der Waals surface area contributed by atoms with E-state index < -0.39 is 29.1 Å². The number of aromatic nitrogens is 3. The van der Waals surface area contributed by atoms with Crippen molar-refractivity contribution in [2.24, 2.45) is 0 Å². The van der Waals surface area contributed by atoms with Gasteiger partial charge in [-0.2, -0.15) is 0 Å². The Bertz CT molecular complexity index is 1730. The summed E-state index contributed by atoms with van der Waals surface area (Å²) in [6, 6.07) is 19.9. The van der Waals surface area contributed by atoms with E-state index in [1.165, 1.54) is 29.0 Å². The smallest absolute Gasteiger partial charge is 0.323 e. The number of amides is 1. The van der Waals surface area contributed by atoms with E-state index in [0.717, 1.165) is 17.7 Å². The number of nitrogens with zero attached hydrogens (tertiary/aromatic N) is 1. The average molecular weight is 517 g/mol. The van der Waals surface area contributed by atoms with Gasteiger partial charge in [-0.1, -0.05) is 36.4 Å². The molecular formula is C28H22F2N4O4. The van der Waals surface area contributed by atoms with E-state index >= 15 is 0 Å². The van der Waals surface area contributed by atoms with E-state index in [9.17, 15) is 23.2 Å². The quantitative estimate of drug-likeness (QED) is 0.291. The Morgan fingerprint density at radius 1 is 0.895 bits per heavy atom. The van der Waals surface area contributed by atoms with Crippen molar-refractivity contribution in [3.05, 3.63) is 134 Å². The molecule has 38 heavy (non-hydrogen) atoms. The fraction of sp³-hybridized carbons (Fsp3) is 0.107. The van der Waals surface area contributed by atoms with Gasteiger partial charge in [-0.3, -0.25) is 9.59 Å². The van der Waals surface area contributed by atoms with Crippen LogP contribution in [0.4, 0.5) is 8.78 Å². The first-order valence-corrected chi connectivity index (χ1v) is 11.7. The second kappa shape index (κ2) is 10.6. The maximum atomic E-state index is 13.6. The summed E-state index contributed by atoms with van der Waals surface area (Å²) < 4.78 is 34.1. The highest BCUT2D eigenvalue weighted by molar-refractivity contribution is 5.94. The van der Waals surface area contributed by atoms with E-state index in [-0.39, 0.29) is 24.4 Å². The highest BCUT2D eigenvalue weighted by Gasteiger charge is 2.20. The molecule has 0 bridgehead atoms. The molecule has 0 aliphatic heterocycles. The van der Waals surface area contributed by atoms with Gasteiger partial charge in [0, 0.05) is 12.3 Å². The van der Waals surface area contributed by atoms with Crippen LogP contribution < -0.4 is 21.3 Å². The Labute approximate surface area is 214 Å². The first-order chi connectivity index (χ1) is 18.4. The van der Waals surface area contributed by atoms with Gasteiger partial charge in [-0.15, -0.1) is 0 Å². The lowest BCUT2D eigenvalue weighted by Gasteiger charge is -2.20. The molecule has 8 nitrogen and oxygen atoms in total. The maximum Gasteiger partial charge on any atom is 0.323 e. The van der Waals surface area contributed by atoms with Gasteiger partial charge < -0.3 is 24.6 Å². The number of carbonyl (C=O) groups is 1. The number of carbonyl (C=O) groups excluding carboxylic acids is 1. The summed E-state index contributed by atoms with van der Waals surface area (Å²) in [5.41, 5.74) is 1.34. The van der Waals surface area contributed by atoms with Gasteiger partial charge in [-0.25, -0.2) is 13.6 Å². The Morgan fingerprint density at radius 3 is 2.47 bits per heavy atom. The average Bonchev–Trinajstić information content (AvgIpc) is 3.29. The normalized spacial score (nSPS) is 11.8. The highest BCUT2D eigenvalue weighted by Crippen LogP contribution is 2.20. The van der Waals surface area contributed by atoms with Crippen LogP contribution in [0.15, 0.2) is 94.6 Å². The molecule has 0 radical (unpaired) electrons. The zero-order valence-corrected chi connectivity index (χ0v) is 19.9. The Balaban J connectivity index is 1.36. The zero-order chi connectivity index (χ0) is 26.6. The maximum absolute atomic E-state index is 13.6. The molecule has 2 aromatic heterocycles. The van der Waals surface area contributed by atoms with Gasteiger partial charge in [0.2, 0.25) is 0 Å². The van der Waals surface area contributed by atoms with Crippen LogP contribution in [-0.4, -0.2) is 27.0 Å². The number of fused-ring (bicyclic) bond motifs is 1. The van der Waals surface area contributed by atoms with Crippen molar-refractivity contribution in [3.63, 3.8) is 0 Å². The molecule has 1 atom stereocenters. The Kier molecular flexibility index (Phi) is 6.86. The standard InChI is InChI=1S/C28H22F2N4O4/c29-21-10-8-17(13-22(21)30)15-34-12-4-7-20(27(34)36)26(35)31-25(18-5-2-1-3-6-18)16-38-19-9-11-23-24(14-19)33-28(37)32-23/h1-14,25H,15-16H2,(H,31,35)(H2,32,33,37)/t25-/m1/s1. The molecule has 192 valence electrons. The predicted molar refractivity (Wildman–Crippen MR) is 137 cm³/mol. The number of ether oxygens (including phenoxy) is 1. The predicted octanol–water partition coefficient (Wildman–Crippen LogP) is 3.89. The van der Waals surface area contributed by atoms with Crippen LogP contribution >= 0.6 is 0 Å². The van der Waals surface area contributed by atoms with Gasteiger partial charge in [0.25, 0.3) is 11.5 Å². The fourth-order valence-corrected chi connectivity index (χ4v) is 4.09. The van der Waals surface area contributed by atoms with Crippen molar-refractivity contribution < 1.29 is 18.3 Å². The Morgan fingerprint density at radius 2 is 1.68 bits per heavy atom. The lowest BCUT2D eigenvalue weighted by Crippen LogP contribution is -2.37. The third kappa shape index (κ3) is 5.39. The lowest BCUT2D eigenvalue weighted by atomic mass is 10.1. The minimum Gasteiger partial charge on any atom is -0.491 e. The van der Waals surface area contributed by atoms with E-state index in [0.29, 0.717) is 22.3 Å². The van der Waals surface area contributed by atoms with Crippen LogP contribution in [0.5, 0.6) is 5.75 Å². The summed E-state index contributed by atoms with van der Waals surface area (Å²) in [5, 5.41) is 2.86. The molecule has 0 fully saturated rings. The van der Waals surface area contributed by atoms with Crippen LogP contribution in [0.3, 0.4) is 0 Å². The van der Waals surface area contributed by atoms with Crippen LogP contribution in [0, 0.1) is 11.6 Å². The van der Waals surface area contributed by atoms with Crippen LogP contribution in [0.25, 0.3) is 11.0 Å². The molecule has 0 saturated heterocycles. The van der Waals surface area contributed by atoms with Crippen molar-refractivity contribution in [3.8, 4) is 5.75 Å². The molecule has 0 spiro atoms. The van der Waals surface area contributed by atoms with Gasteiger partial charge in [0.15, 0.2) is 11.6 Å². The number of nitrogens with one attached hydrogen (secondary N) is 3. The number of aromatic amines is 2. The second-order valence-electron chi connectivity index (χ2n) is 8.64. The van der Waals surface area contributed by atoms with E-state index in [1.807, 2.05) is 30.3 Å². The summed E-state index contributed by atoms with van der Waals surface area (Å²) in [5.74, 6) is -2.13. The largest absolute Gasteiger partial charge is 0.491 e. The van der Waals surface area contributed by atoms with Crippen molar-refractivity contribution >= 4 is 16.9 Å². The van der Waals surface area contributed by atoms with Gasteiger partial charge in [0.1, 0.15) is 17.9 Å². The van der Waals surface area contributed by atoms with E-state index in [4.69, 9.17) is 4.74 Å². The summed E-state index contributed by atoms with van der Waals surface area (Å²) in [6.07, 6.45) is 1.47. The highest BCUT2D eigenvalue weighted by atomic mass is 19.2. The molecule has 1 amide bonds. The number of imidazole rings is 1. The van der Waals surface area contributed by atoms with Crippen molar-refractivity contribution in [2.45, 2.75) is 12.6 Å². The molecule has 0 unspecified atom stereocenters. The number of pyridine rings is 1. The monoisotopic (exact) mass is 516 g/mol. The number of H-pyrrole nitrogens is 2. The first-order valence-electron chi connectivity index (χ1n) is 11.7. The van der Waals surface area contributed by atoms with Crippen LogP contribution in [0.1, 0.15) is 27.5 Å². The van der Waals surface area contributed by atoms with Crippen LogP contribution in [-0.2, 0) is 6.54 Å². The second-order valence-corrected chi connectivity index (χ2v) is 8.64.